The van der Waals surface area contributed by atoms with Crippen molar-refractivity contribution in [2.75, 3.05) is 5.73 Å². The summed E-state index contributed by atoms with van der Waals surface area (Å²) in [6.45, 7) is 2.46. The average molecular weight is 299 g/mol. The number of benzene rings is 1. The van der Waals surface area contributed by atoms with E-state index in [1.165, 1.54) is 0 Å². The second-order valence-corrected chi connectivity index (χ2v) is 2.89. The molecule has 0 unspecified atom stereocenters. The largest absolute Gasteiger partial charge is 2.00 e. The third kappa shape index (κ3) is 19.9. The van der Waals surface area contributed by atoms with Crippen molar-refractivity contribution in [3.63, 3.8) is 0 Å². The van der Waals surface area contributed by atoms with Crippen molar-refractivity contribution in [2.45, 2.75) is 20.4 Å². The molecule has 0 aromatic heterocycles. The zero-order chi connectivity index (χ0) is 13.8. The third-order valence-corrected chi connectivity index (χ3v) is 1.28. The number of carbonyl (C=O) groups is 2. The van der Waals surface area contributed by atoms with Crippen LogP contribution in [0.2, 0.25) is 0 Å². The summed E-state index contributed by atoms with van der Waals surface area (Å²) in [7, 11) is 0. The van der Waals surface area contributed by atoms with Gasteiger partial charge in [-0.2, -0.15) is 0 Å². The van der Waals surface area contributed by atoms with E-state index in [0.717, 1.165) is 25.1 Å². The second kappa shape index (κ2) is 13.5. The predicted octanol–water partition coefficient (Wildman–Crippen LogP) is -1.76. The van der Waals surface area contributed by atoms with Crippen molar-refractivity contribution in [2.24, 2.45) is 5.73 Å². The fourth-order valence-electron chi connectivity index (χ4n) is 0.720. The third-order valence-electron chi connectivity index (χ3n) is 1.28. The second-order valence-electron chi connectivity index (χ2n) is 2.89. The molecule has 0 amide bonds. The summed E-state index contributed by atoms with van der Waals surface area (Å²) in [4.78, 5) is 17.8. The van der Waals surface area contributed by atoms with Crippen LogP contribution in [-0.2, 0) is 32.6 Å². The van der Waals surface area contributed by atoms with E-state index in [-0.39, 0.29) is 16.5 Å². The molecule has 0 saturated heterocycles. The van der Waals surface area contributed by atoms with Gasteiger partial charge in [0.2, 0.25) is 0 Å². The number of anilines is 1. The quantitative estimate of drug-likeness (QED) is 0.466. The summed E-state index contributed by atoms with van der Waals surface area (Å²) in [5.41, 5.74) is 12.7. The molecule has 0 aliphatic rings. The van der Waals surface area contributed by atoms with Crippen molar-refractivity contribution < 1.29 is 36.3 Å². The van der Waals surface area contributed by atoms with Gasteiger partial charge in [0.05, 0.1) is 0 Å². The van der Waals surface area contributed by atoms with Gasteiger partial charge in [0, 0.05) is 24.2 Å². The van der Waals surface area contributed by atoms with Crippen LogP contribution in [-0.4, -0.2) is 11.9 Å². The normalized spacial score (nSPS) is 7.50. The van der Waals surface area contributed by atoms with Crippen LogP contribution < -0.4 is 21.7 Å². The molecule has 4 N–H and O–H groups in total. The Morgan fingerprint density at radius 2 is 1.44 bits per heavy atom. The molecule has 0 atom stereocenters. The first kappa shape index (κ1) is 21.7. The molecule has 1 aromatic carbocycles. The maximum Gasteiger partial charge on any atom is 2.00 e. The number of nitrogen functional groups attached to an aromatic ring is 1. The Morgan fingerprint density at radius 1 is 1.11 bits per heavy atom. The van der Waals surface area contributed by atoms with Crippen LogP contribution in [0.1, 0.15) is 19.4 Å². The number of carboxylic acid groups (broad SMARTS) is 2. The Hall–Kier alpha value is -1.59. The molecule has 0 aliphatic heterocycles. The van der Waals surface area contributed by atoms with Crippen LogP contribution in [0.3, 0.4) is 0 Å². The van der Waals surface area contributed by atoms with Crippen molar-refractivity contribution in [1.29, 1.82) is 0 Å². The molecular formula is C11H16N2NiO4. The van der Waals surface area contributed by atoms with Crippen molar-refractivity contribution >= 4 is 17.6 Å². The van der Waals surface area contributed by atoms with E-state index in [2.05, 4.69) is 0 Å². The van der Waals surface area contributed by atoms with E-state index in [1.807, 2.05) is 24.3 Å². The number of hydrogen-bond donors (Lipinski definition) is 2. The Balaban J connectivity index is -0.000000214. The van der Waals surface area contributed by atoms with E-state index in [4.69, 9.17) is 31.3 Å². The van der Waals surface area contributed by atoms with E-state index in [1.54, 1.807) is 0 Å². The standard InChI is InChI=1S/C7H10N2.2C2H4O2.Ni/c8-5-6-3-1-2-4-7(6)9;2*1-2(3)4;/h1-4H,5,8-9H2;2*1H3,(H,3,4);/q;;;+2/p-2. The number of rotatable bonds is 1. The fraction of sp³-hybridized carbons (Fsp3) is 0.273. The molecule has 1 aromatic rings. The zero-order valence-electron chi connectivity index (χ0n) is 10.1. The van der Waals surface area contributed by atoms with Gasteiger partial charge in [-0.3, -0.25) is 0 Å². The molecule has 0 fully saturated rings. The molecule has 1 rings (SSSR count). The predicted molar refractivity (Wildman–Crippen MR) is 60.1 cm³/mol. The number of aliphatic carboxylic acids is 2. The number of hydrogen-bond acceptors (Lipinski definition) is 6. The first-order valence-corrected chi connectivity index (χ1v) is 4.69. The van der Waals surface area contributed by atoms with Gasteiger partial charge in [-0.1, -0.05) is 18.2 Å². The minimum atomic E-state index is -1.08. The molecular weight excluding hydrogens is 283 g/mol. The monoisotopic (exact) mass is 298 g/mol. The molecule has 7 heteroatoms. The first-order chi connectivity index (χ1) is 7.81. The van der Waals surface area contributed by atoms with Crippen LogP contribution >= 0.6 is 0 Å². The topological polar surface area (TPSA) is 132 Å². The van der Waals surface area contributed by atoms with E-state index in [9.17, 15) is 0 Å². The van der Waals surface area contributed by atoms with Crippen LogP contribution in [0.25, 0.3) is 0 Å². The summed E-state index contributed by atoms with van der Waals surface area (Å²) in [5.74, 6) is -2.17. The molecule has 6 nitrogen and oxygen atoms in total. The number of carbonyl (C=O) groups excluding carboxylic acids is 2. The fourth-order valence-corrected chi connectivity index (χ4v) is 0.720. The molecule has 0 heterocycles. The summed E-state index contributed by atoms with van der Waals surface area (Å²) in [6, 6.07) is 7.60. The molecule has 0 spiro atoms. The number of nitrogens with two attached hydrogens (primary N) is 2. The average Bonchev–Trinajstić information content (AvgIpc) is 2.16. The minimum absolute atomic E-state index is 0. The van der Waals surface area contributed by atoms with Gasteiger partial charge < -0.3 is 31.3 Å². The van der Waals surface area contributed by atoms with Gasteiger partial charge in [-0.15, -0.1) is 0 Å². The van der Waals surface area contributed by atoms with Gasteiger partial charge in [0.25, 0.3) is 0 Å². The van der Waals surface area contributed by atoms with Crippen LogP contribution in [0.5, 0.6) is 0 Å². The van der Waals surface area contributed by atoms with Crippen LogP contribution in [0.4, 0.5) is 5.69 Å². The van der Waals surface area contributed by atoms with Crippen LogP contribution in [0, 0.1) is 0 Å². The maximum absolute atomic E-state index is 8.89. The summed E-state index contributed by atoms with van der Waals surface area (Å²) < 4.78 is 0. The SMILES string of the molecule is CC(=O)[O-].CC(=O)[O-].NCc1ccccc1N.[Ni+2]. The van der Waals surface area contributed by atoms with E-state index in [0.29, 0.717) is 6.54 Å². The summed E-state index contributed by atoms with van der Waals surface area (Å²) >= 11 is 0. The molecule has 0 bridgehead atoms. The van der Waals surface area contributed by atoms with Crippen molar-refractivity contribution in [1.82, 2.24) is 0 Å². The summed E-state index contributed by atoms with van der Waals surface area (Å²) in [5, 5.41) is 17.8. The molecule has 104 valence electrons. The van der Waals surface area contributed by atoms with Crippen LogP contribution in [0.15, 0.2) is 24.3 Å². The molecule has 0 saturated carbocycles. The Labute approximate surface area is 116 Å². The van der Waals surface area contributed by atoms with Gasteiger partial charge in [0.1, 0.15) is 0 Å². The zero-order valence-corrected chi connectivity index (χ0v) is 11.1. The number of carboxylic acids is 2. The Morgan fingerprint density at radius 3 is 1.67 bits per heavy atom. The first-order valence-electron chi connectivity index (χ1n) is 4.69. The minimum Gasteiger partial charge on any atom is -0.550 e. The maximum atomic E-state index is 8.89. The van der Waals surface area contributed by atoms with E-state index >= 15 is 0 Å². The van der Waals surface area contributed by atoms with E-state index < -0.39 is 11.9 Å². The van der Waals surface area contributed by atoms with Gasteiger partial charge in [0.15, 0.2) is 0 Å². The molecule has 18 heavy (non-hydrogen) atoms. The van der Waals surface area contributed by atoms with Gasteiger partial charge in [-0.25, -0.2) is 0 Å². The smallest absolute Gasteiger partial charge is 0.550 e. The number of para-hydroxylation sites is 1. The molecule has 0 aliphatic carbocycles. The summed E-state index contributed by atoms with van der Waals surface area (Å²) in [6.07, 6.45) is 0. The Bertz CT molecular complexity index is 339. The molecule has 0 radical (unpaired) electrons. The van der Waals surface area contributed by atoms with Gasteiger partial charge in [-0.05, 0) is 25.5 Å². The Kier molecular flexibility index (Phi) is 16.2. The van der Waals surface area contributed by atoms with Crippen molar-refractivity contribution in [3.05, 3.63) is 29.8 Å². The van der Waals surface area contributed by atoms with Crippen molar-refractivity contribution in [3.8, 4) is 0 Å². The van der Waals surface area contributed by atoms with Gasteiger partial charge >= 0.3 is 16.5 Å².